The van der Waals surface area contributed by atoms with Crippen molar-refractivity contribution in [2.75, 3.05) is 13.1 Å². The van der Waals surface area contributed by atoms with Gasteiger partial charge < -0.3 is 16.4 Å². The van der Waals surface area contributed by atoms with E-state index < -0.39 is 11.4 Å². The number of carbonyl (C=O) groups is 2. The van der Waals surface area contributed by atoms with Crippen molar-refractivity contribution < 1.29 is 9.59 Å². The maximum absolute atomic E-state index is 11.4. The molecule has 1 rings (SSSR count). The third-order valence-corrected chi connectivity index (χ3v) is 2.48. The Morgan fingerprint density at radius 2 is 1.94 bits per heavy atom. The van der Waals surface area contributed by atoms with Crippen molar-refractivity contribution in [1.82, 2.24) is 10.6 Å². The fourth-order valence-corrected chi connectivity index (χ4v) is 1.17. The van der Waals surface area contributed by atoms with Crippen LogP contribution in [0.4, 0.5) is 0 Å². The summed E-state index contributed by atoms with van der Waals surface area (Å²) in [7, 11) is 0. The summed E-state index contributed by atoms with van der Waals surface area (Å²) in [5.74, 6) is 0.0134. The average Bonchev–Trinajstić information content (AvgIpc) is 2.86. The molecular formula is C10H20ClN3O2. The van der Waals surface area contributed by atoms with Gasteiger partial charge in [-0.25, -0.2) is 0 Å². The second kappa shape index (κ2) is 6.06. The van der Waals surface area contributed by atoms with Crippen molar-refractivity contribution in [3.05, 3.63) is 0 Å². The van der Waals surface area contributed by atoms with Crippen LogP contribution in [0.2, 0.25) is 0 Å². The van der Waals surface area contributed by atoms with Crippen LogP contribution in [0.5, 0.6) is 0 Å². The van der Waals surface area contributed by atoms with Gasteiger partial charge in [-0.05, 0) is 39.2 Å². The highest BCUT2D eigenvalue weighted by molar-refractivity contribution is 5.90. The Kier molecular flexibility index (Phi) is 5.75. The third-order valence-electron chi connectivity index (χ3n) is 2.48. The minimum atomic E-state index is -0.974. The van der Waals surface area contributed by atoms with Gasteiger partial charge in [0.05, 0.1) is 6.54 Å². The Morgan fingerprint density at radius 1 is 1.38 bits per heavy atom. The first-order chi connectivity index (χ1) is 6.92. The minimum Gasteiger partial charge on any atom is -0.368 e. The topological polar surface area (TPSA) is 84.2 Å². The molecule has 0 saturated heterocycles. The van der Waals surface area contributed by atoms with Gasteiger partial charge in [-0.2, -0.15) is 0 Å². The summed E-state index contributed by atoms with van der Waals surface area (Å²) in [5.41, 5.74) is 4.16. The lowest BCUT2D eigenvalue weighted by Crippen LogP contribution is -2.54. The molecule has 0 aliphatic heterocycles. The van der Waals surface area contributed by atoms with E-state index in [2.05, 4.69) is 10.6 Å². The van der Waals surface area contributed by atoms with E-state index in [9.17, 15) is 9.59 Å². The van der Waals surface area contributed by atoms with Gasteiger partial charge in [0.2, 0.25) is 11.8 Å². The highest BCUT2D eigenvalue weighted by Crippen LogP contribution is 2.27. The monoisotopic (exact) mass is 249 g/mol. The third kappa shape index (κ3) is 5.32. The van der Waals surface area contributed by atoms with Crippen LogP contribution in [0.15, 0.2) is 0 Å². The quantitative estimate of drug-likeness (QED) is 0.609. The zero-order valence-corrected chi connectivity index (χ0v) is 10.5. The maximum Gasteiger partial charge on any atom is 0.242 e. The number of nitrogens with two attached hydrogens (primary N) is 1. The molecule has 1 aliphatic rings. The van der Waals surface area contributed by atoms with Gasteiger partial charge in [-0.3, -0.25) is 9.59 Å². The van der Waals surface area contributed by atoms with E-state index in [0.717, 1.165) is 12.5 Å². The zero-order valence-electron chi connectivity index (χ0n) is 9.71. The first-order valence-corrected chi connectivity index (χ1v) is 5.23. The van der Waals surface area contributed by atoms with Gasteiger partial charge in [-0.15, -0.1) is 12.4 Å². The van der Waals surface area contributed by atoms with Gasteiger partial charge >= 0.3 is 0 Å². The lowest BCUT2D eigenvalue weighted by molar-refractivity contribution is -0.129. The summed E-state index contributed by atoms with van der Waals surface area (Å²) in [5, 5.41) is 5.62. The fraction of sp³-hybridized carbons (Fsp3) is 0.800. The Bertz CT molecular complexity index is 265. The Balaban J connectivity index is 0.00000225. The molecule has 16 heavy (non-hydrogen) atoms. The van der Waals surface area contributed by atoms with E-state index >= 15 is 0 Å². The van der Waals surface area contributed by atoms with Gasteiger partial charge in [0, 0.05) is 0 Å². The maximum atomic E-state index is 11.4. The standard InChI is InChI=1S/C10H19N3O2.ClH/c1-10(2,9(11)15)13-8(14)6-12-5-7-3-4-7;/h7,12H,3-6H2,1-2H3,(H2,11,15)(H,13,14);1H. The minimum absolute atomic E-state index is 0. The van der Waals surface area contributed by atoms with Crippen molar-refractivity contribution in [1.29, 1.82) is 0 Å². The fourth-order valence-electron chi connectivity index (χ4n) is 1.17. The lowest BCUT2D eigenvalue weighted by atomic mass is 10.1. The zero-order chi connectivity index (χ0) is 11.5. The van der Waals surface area contributed by atoms with E-state index in [0.29, 0.717) is 0 Å². The SMILES string of the molecule is CC(C)(NC(=O)CNCC1CC1)C(N)=O.Cl. The molecule has 0 aromatic rings. The van der Waals surface area contributed by atoms with Crippen LogP contribution in [0.25, 0.3) is 0 Å². The van der Waals surface area contributed by atoms with Crippen molar-refractivity contribution >= 4 is 24.2 Å². The molecule has 0 aromatic carbocycles. The van der Waals surface area contributed by atoms with Gasteiger partial charge in [-0.1, -0.05) is 0 Å². The lowest BCUT2D eigenvalue weighted by Gasteiger charge is -2.22. The number of nitrogens with one attached hydrogen (secondary N) is 2. The van der Waals surface area contributed by atoms with E-state index in [1.54, 1.807) is 13.8 Å². The summed E-state index contributed by atoms with van der Waals surface area (Å²) in [4.78, 5) is 22.3. The molecule has 0 bridgehead atoms. The molecule has 0 unspecified atom stereocenters. The number of rotatable bonds is 6. The molecule has 6 heteroatoms. The number of hydrogen-bond donors (Lipinski definition) is 3. The summed E-state index contributed by atoms with van der Waals surface area (Å²) in [6, 6.07) is 0. The van der Waals surface area contributed by atoms with Crippen LogP contribution in [-0.2, 0) is 9.59 Å². The number of carbonyl (C=O) groups excluding carboxylic acids is 2. The smallest absolute Gasteiger partial charge is 0.242 e. The molecule has 2 amide bonds. The predicted molar refractivity (Wildman–Crippen MR) is 64.3 cm³/mol. The van der Waals surface area contributed by atoms with Crippen molar-refractivity contribution in [3.63, 3.8) is 0 Å². The second-order valence-electron chi connectivity index (χ2n) is 4.61. The van der Waals surface area contributed by atoms with E-state index in [-0.39, 0.29) is 24.9 Å². The van der Waals surface area contributed by atoms with Gasteiger partial charge in [0.1, 0.15) is 5.54 Å². The number of amides is 2. The summed E-state index contributed by atoms with van der Waals surface area (Å²) < 4.78 is 0. The molecule has 0 radical (unpaired) electrons. The van der Waals surface area contributed by atoms with Crippen LogP contribution in [0.3, 0.4) is 0 Å². The van der Waals surface area contributed by atoms with E-state index in [1.165, 1.54) is 12.8 Å². The van der Waals surface area contributed by atoms with Crippen molar-refractivity contribution in [3.8, 4) is 0 Å². The van der Waals surface area contributed by atoms with Crippen molar-refractivity contribution in [2.24, 2.45) is 11.7 Å². The number of hydrogen-bond acceptors (Lipinski definition) is 3. The molecule has 1 saturated carbocycles. The van der Waals surface area contributed by atoms with Gasteiger partial charge in [0.15, 0.2) is 0 Å². The summed E-state index contributed by atoms with van der Waals surface area (Å²) in [6.45, 7) is 4.31. The Labute approximate surface area is 102 Å². The molecule has 0 spiro atoms. The molecular weight excluding hydrogens is 230 g/mol. The van der Waals surface area contributed by atoms with Crippen LogP contribution >= 0.6 is 12.4 Å². The highest BCUT2D eigenvalue weighted by atomic mass is 35.5. The van der Waals surface area contributed by atoms with Crippen LogP contribution < -0.4 is 16.4 Å². The molecule has 0 heterocycles. The average molecular weight is 250 g/mol. The second-order valence-corrected chi connectivity index (χ2v) is 4.61. The van der Waals surface area contributed by atoms with E-state index in [1.807, 2.05) is 0 Å². The van der Waals surface area contributed by atoms with Crippen LogP contribution in [0, 0.1) is 5.92 Å². The summed E-state index contributed by atoms with van der Waals surface area (Å²) in [6.07, 6.45) is 2.50. The molecule has 1 aliphatic carbocycles. The highest BCUT2D eigenvalue weighted by Gasteiger charge is 2.27. The normalized spacial score (nSPS) is 15.1. The van der Waals surface area contributed by atoms with Crippen LogP contribution in [-0.4, -0.2) is 30.4 Å². The number of halogens is 1. The largest absolute Gasteiger partial charge is 0.368 e. The molecule has 1 fully saturated rings. The Hall–Kier alpha value is -0.810. The molecule has 5 nitrogen and oxygen atoms in total. The molecule has 0 aromatic heterocycles. The Morgan fingerprint density at radius 3 is 2.38 bits per heavy atom. The number of primary amides is 1. The first-order valence-electron chi connectivity index (χ1n) is 5.23. The van der Waals surface area contributed by atoms with E-state index in [4.69, 9.17) is 5.73 Å². The summed E-state index contributed by atoms with van der Waals surface area (Å²) >= 11 is 0. The molecule has 4 N–H and O–H groups in total. The first kappa shape index (κ1) is 15.2. The molecule has 0 atom stereocenters. The van der Waals surface area contributed by atoms with Gasteiger partial charge in [0.25, 0.3) is 0 Å². The van der Waals surface area contributed by atoms with Crippen molar-refractivity contribution in [2.45, 2.75) is 32.2 Å². The van der Waals surface area contributed by atoms with Crippen LogP contribution in [0.1, 0.15) is 26.7 Å². The molecule has 94 valence electrons. The predicted octanol–water partition coefficient (Wildman–Crippen LogP) is -0.212.